The first-order valence-electron chi connectivity index (χ1n) is 8.79. The molecule has 0 spiro atoms. The van der Waals surface area contributed by atoms with Crippen molar-refractivity contribution in [2.45, 2.75) is 56.0 Å². The van der Waals surface area contributed by atoms with Crippen LogP contribution in [0.5, 0.6) is 0 Å². The van der Waals surface area contributed by atoms with Crippen molar-refractivity contribution in [1.29, 1.82) is 0 Å². The lowest BCUT2D eigenvalue weighted by Crippen LogP contribution is -2.45. The van der Waals surface area contributed by atoms with Crippen LogP contribution in [0, 0.1) is 0 Å². The number of carbonyl (C=O) groups is 1. The lowest BCUT2D eigenvalue weighted by atomic mass is 10.1. The van der Waals surface area contributed by atoms with Gasteiger partial charge in [0.25, 0.3) is 0 Å². The number of benzene rings is 2. The van der Waals surface area contributed by atoms with E-state index in [9.17, 15) is 9.90 Å². The van der Waals surface area contributed by atoms with E-state index in [1.165, 1.54) is 0 Å². The Morgan fingerprint density at radius 2 is 1.50 bits per heavy atom. The van der Waals surface area contributed by atoms with E-state index in [0.29, 0.717) is 0 Å². The van der Waals surface area contributed by atoms with E-state index in [1.807, 2.05) is 60.7 Å². The van der Waals surface area contributed by atoms with E-state index in [-0.39, 0.29) is 10.2 Å². The number of aliphatic hydroxyl groups excluding tert-OH is 1. The van der Waals surface area contributed by atoms with Gasteiger partial charge in [-0.25, -0.2) is 0 Å². The van der Waals surface area contributed by atoms with Crippen molar-refractivity contribution in [1.82, 2.24) is 0 Å². The number of rotatable bonds is 6. The molecule has 0 aliphatic rings. The molecule has 0 aliphatic carbocycles. The van der Waals surface area contributed by atoms with Gasteiger partial charge in [-0.1, -0.05) is 69.3 Å². The van der Waals surface area contributed by atoms with Gasteiger partial charge in [-0.15, -0.1) is 0 Å². The topological polar surface area (TPSA) is 46.5 Å². The molecule has 2 aromatic carbocycles. The molecule has 0 radical (unpaired) electrons. The van der Waals surface area contributed by atoms with Gasteiger partial charge in [0.05, 0.1) is 0 Å². The molecule has 0 saturated carbocycles. The largest absolute Gasteiger partial charge is 0.407 e. The van der Waals surface area contributed by atoms with E-state index >= 15 is 0 Å². The van der Waals surface area contributed by atoms with E-state index in [0.717, 1.165) is 22.2 Å². The predicted molar refractivity (Wildman–Crippen MR) is 111 cm³/mol. The van der Waals surface area contributed by atoms with Gasteiger partial charge in [0.1, 0.15) is 6.10 Å². The van der Waals surface area contributed by atoms with Crippen molar-refractivity contribution >= 4 is 25.2 Å². The van der Waals surface area contributed by atoms with Crippen LogP contribution in [-0.4, -0.2) is 24.6 Å². The third-order valence-electron chi connectivity index (χ3n) is 4.85. The summed E-state index contributed by atoms with van der Waals surface area (Å²) in [6.07, 6.45) is -1.89. The van der Waals surface area contributed by atoms with Gasteiger partial charge in [-0.2, -0.15) is 0 Å². The van der Waals surface area contributed by atoms with E-state index in [4.69, 9.17) is 4.43 Å². The van der Waals surface area contributed by atoms with Gasteiger partial charge >= 0.3 is 0 Å². The second kappa shape index (κ2) is 8.52. The van der Waals surface area contributed by atoms with Crippen LogP contribution in [0.15, 0.2) is 65.6 Å². The highest BCUT2D eigenvalue weighted by atomic mass is 32.2. The van der Waals surface area contributed by atoms with Crippen molar-refractivity contribution in [3.8, 4) is 0 Å². The second-order valence-corrected chi connectivity index (χ2v) is 13.7. The molecule has 0 amide bonds. The summed E-state index contributed by atoms with van der Waals surface area (Å²) in [6.45, 7) is 10.7. The Bertz CT molecular complexity index is 711. The third kappa shape index (κ3) is 5.30. The summed E-state index contributed by atoms with van der Waals surface area (Å²) in [5.74, 6) is 0. The van der Waals surface area contributed by atoms with E-state index in [2.05, 4.69) is 33.9 Å². The molecule has 1 N–H and O–H groups in total. The van der Waals surface area contributed by atoms with Crippen molar-refractivity contribution < 1.29 is 14.3 Å². The molecule has 5 heteroatoms. The van der Waals surface area contributed by atoms with Gasteiger partial charge in [0.15, 0.2) is 14.4 Å². The van der Waals surface area contributed by atoms with Crippen LogP contribution >= 0.6 is 11.8 Å². The molecule has 0 bridgehead atoms. The summed E-state index contributed by atoms with van der Waals surface area (Å²) >= 11 is 1.05. The maximum Gasteiger partial charge on any atom is 0.225 e. The zero-order valence-electron chi connectivity index (χ0n) is 16.1. The van der Waals surface area contributed by atoms with Crippen molar-refractivity contribution in [2.75, 3.05) is 0 Å². The molecule has 2 rings (SSSR count). The summed E-state index contributed by atoms with van der Waals surface area (Å²) in [5, 5.41) is 10.5. The molecular weight excluding hydrogens is 360 g/mol. The maximum atomic E-state index is 12.7. The van der Waals surface area contributed by atoms with Crippen LogP contribution in [0.4, 0.5) is 0 Å². The third-order valence-corrected chi connectivity index (χ3v) is 10.3. The van der Waals surface area contributed by atoms with Crippen LogP contribution in [0.25, 0.3) is 0 Å². The molecule has 2 aromatic rings. The first-order valence-corrected chi connectivity index (χ1v) is 12.5. The summed E-state index contributed by atoms with van der Waals surface area (Å²) in [7, 11) is -2.17. The number of aliphatic hydroxyl groups is 1. The SMILES string of the molecule is CC(C)(C)[Si](C)(C)O[C@@H](c1ccccc1)[C@@H](O)C(=O)Sc1ccccc1. The lowest BCUT2D eigenvalue weighted by Gasteiger charge is -2.40. The molecule has 0 aromatic heterocycles. The zero-order valence-corrected chi connectivity index (χ0v) is 17.9. The Hall–Kier alpha value is -1.40. The Kier molecular flexibility index (Phi) is 6.85. The summed E-state index contributed by atoms with van der Waals surface area (Å²) in [6, 6.07) is 18.9. The van der Waals surface area contributed by atoms with Crippen molar-refractivity contribution in [3.05, 3.63) is 66.2 Å². The summed E-state index contributed by atoms with van der Waals surface area (Å²) < 4.78 is 6.46. The normalized spacial score (nSPS) is 14.7. The summed E-state index contributed by atoms with van der Waals surface area (Å²) in [5.41, 5.74) is 0.826. The molecule has 2 atom stereocenters. The number of thioether (sulfide) groups is 1. The Morgan fingerprint density at radius 1 is 1.00 bits per heavy atom. The minimum Gasteiger partial charge on any atom is -0.407 e. The number of carbonyl (C=O) groups excluding carboxylic acids is 1. The van der Waals surface area contributed by atoms with Crippen LogP contribution in [0.2, 0.25) is 18.1 Å². The van der Waals surface area contributed by atoms with Gasteiger partial charge < -0.3 is 9.53 Å². The monoisotopic (exact) mass is 388 g/mol. The first-order chi connectivity index (χ1) is 12.1. The average Bonchev–Trinajstić information content (AvgIpc) is 2.59. The zero-order chi connectivity index (χ0) is 19.4. The van der Waals surface area contributed by atoms with Gasteiger partial charge in [0.2, 0.25) is 5.12 Å². The van der Waals surface area contributed by atoms with Crippen LogP contribution in [0.3, 0.4) is 0 Å². The first kappa shape index (κ1) is 20.9. The molecule has 0 fully saturated rings. The van der Waals surface area contributed by atoms with E-state index in [1.54, 1.807) is 0 Å². The van der Waals surface area contributed by atoms with Gasteiger partial charge in [-0.05, 0) is 47.6 Å². The van der Waals surface area contributed by atoms with Gasteiger partial charge in [-0.3, -0.25) is 4.79 Å². The molecular formula is C21H28O3SSi. The lowest BCUT2D eigenvalue weighted by molar-refractivity contribution is -0.123. The molecule has 0 unspecified atom stereocenters. The number of hydrogen-bond acceptors (Lipinski definition) is 4. The van der Waals surface area contributed by atoms with Gasteiger partial charge in [0, 0.05) is 4.90 Å². The highest BCUT2D eigenvalue weighted by Crippen LogP contribution is 2.41. The van der Waals surface area contributed by atoms with Crippen LogP contribution < -0.4 is 0 Å². The predicted octanol–water partition coefficient (Wildman–Crippen LogP) is 5.43. The molecule has 0 aliphatic heterocycles. The smallest absolute Gasteiger partial charge is 0.225 e. The Morgan fingerprint density at radius 3 is 2.00 bits per heavy atom. The van der Waals surface area contributed by atoms with Crippen LogP contribution in [0.1, 0.15) is 32.4 Å². The highest BCUT2D eigenvalue weighted by molar-refractivity contribution is 8.13. The Labute approximate surface area is 161 Å². The highest BCUT2D eigenvalue weighted by Gasteiger charge is 2.42. The standard InChI is InChI=1S/C21H28O3SSi/c1-21(2,3)26(4,5)24-19(16-12-8-6-9-13-16)18(22)20(23)25-17-14-10-7-11-15-17/h6-15,18-19,22H,1-5H3/t18-,19+/m1/s1. The van der Waals surface area contributed by atoms with E-state index < -0.39 is 20.5 Å². The molecule has 3 nitrogen and oxygen atoms in total. The quantitative estimate of drug-likeness (QED) is 0.529. The maximum absolute atomic E-state index is 12.7. The minimum atomic E-state index is -2.17. The summed E-state index contributed by atoms with van der Waals surface area (Å²) in [4.78, 5) is 13.5. The number of hydrogen-bond donors (Lipinski definition) is 1. The van der Waals surface area contributed by atoms with Crippen molar-refractivity contribution in [3.63, 3.8) is 0 Å². The molecule has 26 heavy (non-hydrogen) atoms. The Balaban J connectivity index is 2.27. The minimum absolute atomic E-state index is 0.0185. The average molecular weight is 389 g/mol. The fraction of sp³-hybridized carbons (Fsp3) is 0.381. The fourth-order valence-electron chi connectivity index (χ4n) is 2.24. The van der Waals surface area contributed by atoms with Crippen molar-refractivity contribution in [2.24, 2.45) is 0 Å². The molecule has 140 valence electrons. The molecule has 0 heterocycles. The van der Waals surface area contributed by atoms with Crippen LogP contribution in [-0.2, 0) is 9.22 Å². The molecule has 0 saturated heterocycles. The second-order valence-electron chi connectivity index (χ2n) is 7.89. The fourth-order valence-corrected chi connectivity index (χ4v) is 4.26.